The van der Waals surface area contributed by atoms with Crippen LogP contribution in [-0.2, 0) is 12.8 Å². The zero-order valence-electron chi connectivity index (χ0n) is 18.8. The monoisotopic (exact) mass is 419 g/mol. The molecular formula is C30H29NO. The number of ether oxygens (including phenoxy) is 1. The normalized spacial score (nSPS) is 14.9. The lowest BCUT2D eigenvalue weighted by atomic mass is 9.85. The standard InChI is InChI=1S/C30H29NO/c1-3-18-32-29-15-9-13-25-23(17-16-22-10-5-4-6-11-22)19-24(20-27(25)29)30-21(2)31-28-14-8-7-12-26(28)30/h4-15,19-20,30H,3,16-18H2,1-2H3. The molecule has 32 heavy (non-hydrogen) atoms. The van der Waals surface area contributed by atoms with E-state index in [2.05, 4.69) is 98.8 Å². The van der Waals surface area contributed by atoms with Crippen LogP contribution in [0.1, 0.15) is 48.4 Å². The van der Waals surface area contributed by atoms with Gasteiger partial charge in [-0.05, 0) is 72.0 Å². The second-order valence-electron chi connectivity index (χ2n) is 8.61. The summed E-state index contributed by atoms with van der Waals surface area (Å²) in [6.45, 7) is 5.03. The van der Waals surface area contributed by atoms with Gasteiger partial charge in [-0.2, -0.15) is 0 Å². The van der Waals surface area contributed by atoms with Crippen molar-refractivity contribution in [1.82, 2.24) is 0 Å². The summed E-state index contributed by atoms with van der Waals surface area (Å²) in [5.41, 5.74) is 7.60. The van der Waals surface area contributed by atoms with E-state index < -0.39 is 0 Å². The van der Waals surface area contributed by atoms with Crippen LogP contribution in [0.25, 0.3) is 10.8 Å². The molecule has 1 unspecified atom stereocenters. The molecule has 1 heterocycles. The second kappa shape index (κ2) is 9.00. The Morgan fingerprint density at radius 3 is 2.47 bits per heavy atom. The fourth-order valence-corrected chi connectivity index (χ4v) is 4.83. The number of para-hydroxylation sites is 1. The van der Waals surface area contributed by atoms with Gasteiger partial charge in [0.2, 0.25) is 0 Å². The van der Waals surface area contributed by atoms with E-state index in [0.29, 0.717) is 0 Å². The summed E-state index contributed by atoms with van der Waals surface area (Å²) < 4.78 is 6.17. The second-order valence-corrected chi connectivity index (χ2v) is 8.61. The number of rotatable bonds is 7. The molecule has 0 aromatic heterocycles. The summed E-state index contributed by atoms with van der Waals surface area (Å²) in [7, 11) is 0. The molecule has 0 fully saturated rings. The summed E-state index contributed by atoms with van der Waals surface area (Å²) in [5, 5.41) is 2.50. The molecule has 0 spiro atoms. The Labute approximate surface area is 190 Å². The molecule has 1 aliphatic rings. The Morgan fingerprint density at radius 2 is 1.62 bits per heavy atom. The van der Waals surface area contributed by atoms with Crippen LogP contribution >= 0.6 is 0 Å². The smallest absolute Gasteiger partial charge is 0.127 e. The Balaban J connectivity index is 1.62. The van der Waals surface area contributed by atoms with Gasteiger partial charge in [-0.25, -0.2) is 0 Å². The number of nitrogens with zero attached hydrogens (tertiary/aromatic N) is 1. The molecule has 0 bridgehead atoms. The molecule has 0 N–H and O–H groups in total. The van der Waals surface area contributed by atoms with Crippen LogP contribution in [0, 0.1) is 0 Å². The van der Waals surface area contributed by atoms with Crippen LogP contribution in [0.3, 0.4) is 0 Å². The molecule has 0 aliphatic carbocycles. The highest BCUT2D eigenvalue weighted by Crippen LogP contribution is 2.42. The summed E-state index contributed by atoms with van der Waals surface area (Å²) >= 11 is 0. The van der Waals surface area contributed by atoms with Gasteiger partial charge in [0, 0.05) is 17.0 Å². The first-order valence-electron chi connectivity index (χ1n) is 11.6. The zero-order valence-corrected chi connectivity index (χ0v) is 18.8. The predicted octanol–water partition coefficient (Wildman–Crippen LogP) is 7.65. The molecule has 0 saturated heterocycles. The highest BCUT2D eigenvalue weighted by Gasteiger charge is 2.26. The van der Waals surface area contributed by atoms with Crippen LogP contribution < -0.4 is 4.74 Å². The minimum atomic E-state index is 0.199. The van der Waals surface area contributed by atoms with Crippen molar-refractivity contribution in [1.29, 1.82) is 0 Å². The molecule has 1 aliphatic heterocycles. The maximum absolute atomic E-state index is 6.17. The number of hydrogen-bond acceptors (Lipinski definition) is 2. The van der Waals surface area contributed by atoms with Crippen LogP contribution in [0.5, 0.6) is 5.75 Å². The average molecular weight is 420 g/mol. The molecule has 160 valence electrons. The Kier molecular flexibility index (Phi) is 5.77. The van der Waals surface area contributed by atoms with Crippen molar-refractivity contribution >= 4 is 22.2 Å². The predicted molar refractivity (Wildman–Crippen MR) is 135 cm³/mol. The molecule has 2 heteroatoms. The first kappa shape index (κ1) is 20.5. The quantitative estimate of drug-likeness (QED) is 0.301. The summed E-state index contributed by atoms with van der Waals surface area (Å²) in [6, 6.07) is 30.5. The van der Waals surface area contributed by atoms with Crippen LogP contribution in [0.4, 0.5) is 5.69 Å². The third-order valence-electron chi connectivity index (χ3n) is 6.35. The highest BCUT2D eigenvalue weighted by molar-refractivity contribution is 6.00. The van der Waals surface area contributed by atoms with Gasteiger partial charge in [0.1, 0.15) is 5.75 Å². The van der Waals surface area contributed by atoms with E-state index in [1.165, 1.54) is 33.0 Å². The third kappa shape index (κ3) is 3.93. The lowest BCUT2D eigenvalue weighted by Gasteiger charge is -2.18. The van der Waals surface area contributed by atoms with Crippen molar-refractivity contribution in [2.45, 2.75) is 39.0 Å². The number of aliphatic imine (C=N–C) groups is 1. The van der Waals surface area contributed by atoms with Crippen molar-refractivity contribution in [3.63, 3.8) is 0 Å². The largest absolute Gasteiger partial charge is 0.493 e. The molecule has 5 rings (SSSR count). The fourth-order valence-electron chi connectivity index (χ4n) is 4.83. The summed E-state index contributed by atoms with van der Waals surface area (Å²) in [4.78, 5) is 4.87. The van der Waals surface area contributed by atoms with E-state index in [1.54, 1.807) is 0 Å². The van der Waals surface area contributed by atoms with Crippen molar-refractivity contribution in [2.75, 3.05) is 6.61 Å². The number of benzene rings is 4. The molecule has 4 aromatic rings. The van der Waals surface area contributed by atoms with E-state index in [4.69, 9.17) is 9.73 Å². The first-order chi connectivity index (χ1) is 15.7. The summed E-state index contributed by atoms with van der Waals surface area (Å²) in [5.74, 6) is 1.18. The van der Waals surface area contributed by atoms with Crippen molar-refractivity contribution < 1.29 is 4.74 Å². The van der Waals surface area contributed by atoms with Crippen LogP contribution in [0.2, 0.25) is 0 Å². The van der Waals surface area contributed by atoms with Gasteiger partial charge in [-0.3, -0.25) is 4.99 Å². The summed E-state index contributed by atoms with van der Waals surface area (Å²) in [6.07, 6.45) is 3.02. The molecule has 0 saturated carbocycles. The van der Waals surface area contributed by atoms with E-state index in [1.807, 2.05) is 0 Å². The Hall–Kier alpha value is -3.39. The van der Waals surface area contributed by atoms with Crippen molar-refractivity contribution in [3.8, 4) is 5.75 Å². The zero-order chi connectivity index (χ0) is 21.9. The van der Waals surface area contributed by atoms with Crippen molar-refractivity contribution in [3.05, 3.63) is 107 Å². The topological polar surface area (TPSA) is 21.6 Å². The minimum absolute atomic E-state index is 0.199. The number of aryl methyl sites for hydroxylation is 2. The first-order valence-corrected chi connectivity index (χ1v) is 11.6. The van der Waals surface area contributed by atoms with Gasteiger partial charge in [-0.1, -0.05) is 73.7 Å². The number of hydrogen-bond donors (Lipinski definition) is 0. The lowest BCUT2D eigenvalue weighted by molar-refractivity contribution is 0.321. The van der Waals surface area contributed by atoms with Crippen molar-refractivity contribution in [2.24, 2.45) is 4.99 Å². The van der Waals surface area contributed by atoms with Gasteiger partial charge >= 0.3 is 0 Å². The van der Waals surface area contributed by atoms with Gasteiger partial charge in [0.05, 0.1) is 12.3 Å². The molecule has 2 nitrogen and oxygen atoms in total. The molecule has 0 amide bonds. The third-order valence-corrected chi connectivity index (χ3v) is 6.35. The minimum Gasteiger partial charge on any atom is -0.493 e. The lowest BCUT2D eigenvalue weighted by Crippen LogP contribution is -2.08. The molecule has 1 atom stereocenters. The number of fused-ring (bicyclic) bond motifs is 2. The van der Waals surface area contributed by atoms with Gasteiger partial charge in [0.25, 0.3) is 0 Å². The maximum Gasteiger partial charge on any atom is 0.127 e. The fraction of sp³-hybridized carbons (Fsp3) is 0.233. The average Bonchev–Trinajstić information content (AvgIpc) is 3.17. The van der Waals surface area contributed by atoms with E-state index in [0.717, 1.165) is 43.0 Å². The molecule has 4 aromatic carbocycles. The Bertz CT molecular complexity index is 1270. The van der Waals surface area contributed by atoms with E-state index in [-0.39, 0.29) is 5.92 Å². The molecular weight excluding hydrogens is 390 g/mol. The van der Waals surface area contributed by atoms with Crippen LogP contribution in [-0.4, -0.2) is 12.3 Å². The SMILES string of the molecule is CCCOc1cccc2c(CCc3ccccc3)cc(C3C(C)=Nc4ccccc43)cc12. The van der Waals surface area contributed by atoms with Gasteiger partial charge < -0.3 is 4.74 Å². The van der Waals surface area contributed by atoms with E-state index >= 15 is 0 Å². The van der Waals surface area contributed by atoms with Crippen LogP contribution in [0.15, 0.2) is 89.9 Å². The van der Waals surface area contributed by atoms with Gasteiger partial charge in [-0.15, -0.1) is 0 Å². The Morgan fingerprint density at radius 1 is 0.812 bits per heavy atom. The highest BCUT2D eigenvalue weighted by atomic mass is 16.5. The molecule has 0 radical (unpaired) electrons. The van der Waals surface area contributed by atoms with E-state index in [9.17, 15) is 0 Å². The van der Waals surface area contributed by atoms with Gasteiger partial charge in [0.15, 0.2) is 0 Å². The maximum atomic E-state index is 6.17.